The summed E-state index contributed by atoms with van der Waals surface area (Å²) in [6.07, 6.45) is 5.31. The van der Waals surface area contributed by atoms with Gasteiger partial charge in [0.2, 0.25) is 0 Å². The topological polar surface area (TPSA) is 19.0 Å². The van der Waals surface area contributed by atoms with E-state index in [1.807, 2.05) is 0 Å². The summed E-state index contributed by atoms with van der Waals surface area (Å²) in [6, 6.07) is 0. The van der Waals surface area contributed by atoms with Crippen molar-refractivity contribution in [3.05, 3.63) is 0 Å². The van der Waals surface area contributed by atoms with Crippen LogP contribution in [0.15, 0.2) is 0 Å². The second-order valence-electron chi connectivity index (χ2n) is 7.59. The molecule has 1 radical (unpaired) electrons. The second kappa shape index (κ2) is 4.15. The summed E-state index contributed by atoms with van der Waals surface area (Å²) in [5.41, 5.74) is 0. The third kappa shape index (κ3) is 1.31. The van der Waals surface area contributed by atoms with Crippen LogP contribution in [0.25, 0.3) is 0 Å². The van der Waals surface area contributed by atoms with E-state index in [-0.39, 0.29) is 0 Å². The highest BCUT2D eigenvalue weighted by Crippen LogP contribution is 2.31. The van der Waals surface area contributed by atoms with Crippen LogP contribution in [-0.2, 0) is 0 Å². The summed E-state index contributed by atoms with van der Waals surface area (Å²) >= 11 is 0. The average molecular weight is 298 g/mol. The molecule has 2 saturated heterocycles. The van der Waals surface area contributed by atoms with Gasteiger partial charge < -0.3 is 18.6 Å². The zero-order chi connectivity index (χ0) is 14.3. The zero-order valence-electron chi connectivity index (χ0n) is 13.3. The van der Waals surface area contributed by atoms with Gasteiger partial charge in [-0.05, 0) is 0 Å². The Hall–Kier alpha value is -1.33. The van der Waals surface area contributed by atoms with Crippen LogP contribution in [0.2, 0.25) is 0 Å². The first-order chi connectivity index (χ1) is 10.9. The molecule has 0 spiro atoms. The first kappa shape index (κ1) is 12.1. The first-order valence-electron chi connectivity index (χ1n) is 9.24. The maximum Gasteiger partial charge on any atom is 0.402 e. The van der Waals surface area contributed by atoms with Crippen molar-refractivity contribution in [1.29, 1.82) is 0 Å². The minimum Gasteiger partial charge on any atom is -0.442 e. The van der Waals surface area contributed by atoms with E-state index in [4.69, 9.17) is 0 Å². The predicted molar refractivity (Wildman–Crippen MR) is 86.8 cm³/mol. The lowest BCUT2D eigenvalue weighted by molar-refractivity contribution is -0.524. The Balaban J connectivity index is 1.52. The fraction of sp³-hybridized carbons (Fsp3) is 0.857. The highest BCUT2D eigenvalue weighted by Gasteiger charge is 2.63. The Morgan fingerprint density at radius 2 is 1.18 bits per heavy atom. The number of hydrogen-bond donors (Lipinski definition) is 0. The molecule has 0 saturated carbocycles. The van der Waals surface area contributed by atoms with E-state index in [1.165, 1.54) is 78.0 Å². The van der Waals surface area contributed by atoms with Crippen molar-refractivity contribution in [2.75, 3.05) is 52.4 Å². The average Bonchev–Trinajstić information content (AvgIpc) is 3.07. The molecule has 0 amide bonds. The van der Waals surface area contributed by atoms with E-state index in [1.54, 1.807) is 11.9 Å². The van der Waals surface area contributed by atoms with Crippen molar-refractivity contribution in [3.63, 3.8) is 0 Å². The Bertz CT molecular complexity index is 554. The normalized spacial score (nSPS) is 30.3. The van der Waals surface area contributed by atoms with E-state index >= 15 is 0 Å². The monoisotopic (exact) mass is 298 g/mol. The summed E-state index contributed by atoms with van der Waals surface area (Å²) in [5, 5.41) is 0. The Morgan fingerprint density at radius 3 is 1.73 bits per heavy atom. The molecule has 0 atom stereocenters. The molecule has 0 aromatic carbocycles. The smallest absolute Gasteiger partial charge is 0.402 e. The fourth-order valence-corrected chi connectivity index (χ4v) is 5.79. The molecular formula is C14H24B2N6+. The molecule has 2 fully saturated rings. The molecule has 0 unspecified atom stereocenters. The first-order valence-corrected chi connectivity index (χ1v) is 9.24. The molecule has 6 nitrogen and oxygen atoms in total. The molecule has 0 aliphatic carbocycles. The van der Waals surface area contributed by atoms with Crippen molar-refractivity contribution in [1.82, 2.24) is 19.4 Å². The third-order valence-corrected chi connectivity index (χ3v) is 6.45. The van der Waals surface area contributed by atoms with Crippen LogP contribution in [0.3, 0.4) is 0 Å². The number of guanidine groups is 2. The van der Waals surface area contributed by atoms with Gasteiger partial charge in [0.25, 0.3) is 11.9 Å². The van der Waals surface area contributed by atoms with Gasteiger partial charge in [0.15, 0.2) is 0 Å². The Kier molecular flexibility index (Phi) is 2.29. The van der Waals surface area contributed by atoms with Crippen molar-refractivity contribution in [2.45, 2.75) is 25.7 Å². The quantitative estimate of drug-likeness (QED) is 0.514. The van der Waals surface area contributed by atoms with Crippen LogP contribution in [0, 0.1) is 0 Å². The standard InChI is InChI=1S/C14H24B2N6/c1-5-17-6-2-10-20-13(17)19(9-1)15-16(20)22-12-4-8-18-7-3-11-21(15)14(18)22/h1-12H2/q+1. The number of fused-ring (bicyclic) bond motifs is 5. The van der Waals surface area contributed by atoms with Crippen molar-refractivity contribution < 1.29 is 8.97 Å². The van der Waals surface area contributed by atoms with Gasteiger partial charge in [0.05, 0.1) is 39.3 Å². The van der Waals surface area contributed by atoms with Crippen LogP contribution >= 0.6 is 0 Å². The maximum atomic E-state index is 2.75. The van der Waals surface area contributed by atoms with Crippen LogP contribution in [-0.4, -0.2) is 106 Å². The van der Waals surface area contributed by atoms with Gasteiger partial charge in [0.1, 0.15) is 0 Å². The lowest BCUT2D eigenvalue weighted by Crippen LogP contribution is -2.63. The molecular weight excluding hydrogens is 274 g/mol. The zero-order valence-corrected chi connectivity index (χ0v) is 13.3. The van der Waals surface area contributed by atoms with Gasteiger partial charge in [-0.3, -0.25) is 9.80 Å². The minimum atomic E-state index is 0.576. The molecule has 0 aromatic heterocycles. The largest absolute Gasteiger partial charge is 0.442 e. The van der Waals surface area contributed by atoms with E-state index in [0.717, 1.165) is 0 Å². The van der Waals surface area contributed by atoms with Gasteiger partial charge in [-0.1, -0.05) is 0 Å². The van der Waals surface area contributed by atoms with Crippen molar-refractivity contribution in [3.8, 4) is 0 Å². The van der Waals surface area contributed by atoms with Crippen molar-refractivity contribution >= 4 is 25.7 Å². The SMILES string of the molecule is C1CN2CCC[N+]3=C2N(C1)B1[B-]3[N+]2=C3N(CCCN13)CCC2. The molecule has 115 valence electrons. The minimum absolute atomic E-state index is 0.576. The summed E-state index contributed by atoms with van der Waals surface area (Å²) in [4.78, 5) is 10.8. The van der Waals surface area contributed by atoms with Crippen molar-refractivity contribution in [2.24, 2.45) is 0 Å². The van der Waals surface area contributed by atoms with Crippen LogP contribution in [0.5, 0.6) is 0 Å². The molecule has 0 bridgehead atoms. The molecule has 8 heteroatoms. The fourth-order valence-electron chi connectivity index (χ4n) is 5.79. The molecule has 6 aliphatic rings. The third-order valence-electron chi connectivity index (χ3n) is 6.45. The second-order valence-corrected chi connectivity index (χ2v) is 7.59. The number of hydrogen-bond acceptors (Lipinski definition) is 4. The predicted octanol–water partition coefficient (Wildman–Crippen LogP) is -1.37. The van der Waals surface area contributed by atoms with Crippen LogP contribution < -0.4 is 0 Å². The highest BCUT2D eigenvalue weighted by atomic mass is 15.5. The summed E-state index contributed by atoms with van der Waals surface area (Å²) in [6.45, 7) is 11.2. The van der Waals surface area contributed by atoms with Gasteiger partial charge >= 0.3 is 13.7 Å². The van der Waals surface area contributed by atoms with E-state index in [9.17, 15) is 0 Å². The summed E-state index contributed by atoms with van der Waals surface area (Å²) in [7, 11) is 0. The van der Waals surface area contributed by atoms with Crippen LogP contribution in [0.4, 0.5) is 0 Å². The molecule has 6 rings (SSSR count). The Labute approximate surface area is 132 Å². The van der Waals surface area contributed by atoms with Gasteiger partial charge in [0, 0.05) is 38.8 Å². The van der Waals surface area contributed by atoms with E-state index in [0.29, 0.717) is 13.7 Å². The summed E-state index contributed by atoms with van der Waals surface area (Å²) in [5.74, 6) is 3.13. The van der Waals surface area contributed by atoms with E-state index in [2.05, 4.69) is 28.4 Å². The maximum absolute atomic E-state index is 2.75. The number of rotatable bonds is 0. The van der Waals surface area contributed by atoms with Gasteiger partial charge in [-0.25, -0.2) is 0 Å². The molecule has 0 aromatic rings. The van der Waals surface area contributed by atoms with Crippen LogP contribution in [0.1, 0.15) is 25.7 Å². The van der Waals surface area contributed by atoms with Gasteiger partial charge in [-0.15, -0.1) is 0 Å². The molecule has 0 N–H and O–H groups in total. The molecule has 22 heavy (non-hydrogen) atoms. The highest BCUT2D eigenvalue weighted by molar-refractivity contribution is 7.16. The lowest BCUT2D eigenvalue weighted by atomic mass is 9.34. The van der Waals surface area contributed by atoms with E-state index < -0.39 is 0 Å². The van der Waals surface area contributed by atoms with Gasteiger partial charge in [-0.2, -0.15) is 0 Å². The lowest BCUT2D eigenvalue weighted by Gasteiger charge is -2.42. The Morgan fingerprint density at radius 1 is 0.682 bits per heavy atom. The molecule has 6 heterocycles. The molecule has 6 aliphatic heterocycles. The number of nitrogens with zero attached hydrogens (tertiary/aromatic N) is 6. The summed E-state index contributed by atoms with van der Waals surface area (Å²) < 4.78 is 5.50.